The monoisotopic (exact) mass is 369 g/mol. The number of nitrogens with zero attached hydrogens (tertiary/aromatic N) is 1. The van der Waals surface area contributed by atoms with E-state index in [1.165, 1.54) is 6.92 Å². The van der Waals surface area contributed by atoms with Crippen LogP contribution >= 0.6 is 23.2 Å². The van der Waals surface area contributed by atoms with Crippen molar-refractivity contribution in [1.29, 1.82) is 0 Å². The van der Waals surface area contributed by atoms with Gasteiger partial charge in [-0.05, 0) is 19.1 Å². The number of hydrogen-bond acceptors (Lipinski definition) is 5. The molecule has 0 amide bonds. The number of rotatable bonds is 5. The van der Waals surface area contributed by atoms with Crippen LogP contribution in [-0.2, 0) is 19.6 Å². The maximum absolute atomic E-state index is 12.6. The molecule has 0 saturated carbocycles. The normalized spacial score (nSPS) is 13.0. The van der Waals surface area contributed by atoms with Gasteiger partial charge in [0, 0.05) is 12.1 Å². The fourth-order valence-corrected chi connectivity index (χ4v) is 3.90. The zero-order valence-corrected chi connectivity index (χ0v) is 14.2. The topological polar surface area (TPSA) is 101 Å². The maximum atomic E-state index is 12.6. The summed E-state index contributed by atoms with van der Waals surface area (Å²) >= 11 is 11.7. The molecule has 0 aromatic heterocycles. The molecule has 0 bridgehead atoms. The lowest BCUT2D eigenvalue weighted by Crippen LogP contribution is -2.40. The van der Waals surface area contributed by atoms with E-state index in [9.17, 15) is 18.0 Å². The van der Waals surface area contributed by atoms with Gasteiger partial charge in [-0.2, -0.15) is 4.31 Å². The van der Waals surface area contributed by atoms with Gasteiger partial charge in [0.15, 0.2) is 0 Å². The van der Waals surface area contributed by atoms with Gasteiger partial charge < -0.3 is 9.84 Å². The van der Waals surface area contributed by atoms with Gasteiger partial charge in [-0.15, -0.1) is 0 Å². The SMILES string of the molecule is COC(=O)c1cc(Cl)cc(Cl)c1S(=O)(=O)N(C)C(C)C(=O)O. The largest absolute Gasteiger partial charge is 0.480 e. The van der Waals surface area contributed by atoms with Crippen molar-refractivity contribution in [3.63, 3.8) is 0 Å². The number of halogens is 2. The third-order valence-electron chi connectivity index (χ3n) is 2.95. The molecule has 0 radical (unpaired) electrons. The number of hydrogen-bond donors (Lipinski definition) is 1. The number of esters is 1. The zero-order chi connectivity index (χ0) is 17.2. The first kappa shape index (κ1) is 18.7. The second-order valence-corrected chi connectivity index (χ2v) is 7.07. The second kappa shape index (κ2) is 6.82. The average molecular weight is 370 g/mol. The number of likely N-dealkylation sites (N-methyl/N-ethyl adjacent to an activating group) is 1. The Bertz CT molecular complexity index is 719. The van der Waals surface area contributed by atoms with E-state index in [2.05, 4.69) is 4.74 Å². The molecule has 1 unspecified atom stereocenters. The van der Waals surface area contributed by atoms with Gasteiger partial charge >= 0.3 is 11.9 Å². The van der Waals surface area contributed by atoms with Crippen LogP contribution in [0.4, 0.5) is 0 Å². The third kappa shape index (κ3) is 3.52. The molecule has 1 atom stereocenters. The maximum Gasteiger partial charge on any atom is 0.339 e. The summed E-state index contributed by atoms with van der Waals surface area (Å²) in [4.78, 5) is 22.2. The predicted molar refractivity (Wildman–Crippen MR) is 79.8 cm³/mol. The summed E-state index contributed by atoms with van der Waals surface area (Å²) in [6, 6.07) is 0.870. The Hall–Kier alpha value is -1.35. The van der Waals surface area contributed by atoms with Crippen molar-refractivity contribution in [3.05, 3.63) is 27.7 Å². The number of carbonyl (C=O) groups is 2. The van der Waals surface area contributed by atoms with Crippen LogP contribution in [0.2, 0.25) is 10.0 Å². The lowest BCUT2D eigenvalue weighted by Gasteiger charge is -2.22. The highest BCUT2D eigenvalue weighted by Gasteiger charge is 2.35. The Balaban J connectivity index is 3.61. The highest BCUT2D eigenvalue weighted by Crippen LogP contribution is 2.32. The lowest BCUT2D eigenvalue weighted by molar-refractivity contribution is -0.140. The summed E-state index contributed by atoms with van der Waals surface area (Å²) in [7, 11) is -2.22. The minimum absolute atomic E-state index is 0.0401. The minimum Gasteiger partial charge on any atom is -0.480 e. The molecule has 1 rings (SSSR count). The molecule has 0 aliphatic heterocycles. The molecule has 0 saturated heterocycles. The zero-order valence-electron chi connectivity index (χ0n) is 11.8. The smallest absolute Gasteiger partial charge is 0.339 e. The van der Waals surface area contributed by atoms with Crippen molar-refractivity contribution >= 4 is 45.2 Å². The Morgan fingerprint density at radius 3 is 2.32 bits per heavy atom. The Morgan fingerprint density at radius 2 is 1.86 bits per heavy atom. The molecule has 1 N–H and O–H groups in total. The summed E-state index contributed by atoms with van der Waals surface area (Å²) in [6.45, 7) is 1.18. The molecule has 1 aromatic carbocycles. The molecule has 0 spiro atoms. The highest BCUT2D eigenvalue weighted by atomic mass is 35.5. The van der Waals surface area contributed by atoms with Crippen molar-refractivity contribution < 1.29 is 27.9 Å². The molecule has 10 heteroatoms. The van der Waals surface area contributed by atoms with E-state index in [4.69, 9.17) is 28.3 Å². The predicted octanol–water partition coefficient (Wildman–Crippen LogP) is 1.87. The van der Waals surface area contributed by atoms with Crippen molar-refractivity contribution in [1.82, 2.24) is 4.31 Å². The van der Waals surface area contributed by atoms with Crippen LogP contribution in [0.5, 0.6) is 0 Å². The quantitative estimate of drug-likeness (QED) is 0.795. The van der Waals surface area contributed by atoms with Crippen molar-refractivity contribution in [3.8, 4) is 0 Å². The Morgan fingerprint density at radius 1 is 1.32 bits per heavy atom. The first-order chi connectivity index (χ1) is 10.0. The Labute approximate surface area is 137 Å². The van der Waals surface area contributed by atoms with Crippen LogP contribution in [0.15, 0.2) is 17.0 Å². The summed E-state index contributed by atoms with van der Waals surface area (Å²) in [5, 5.41) is 8.68. The van der Waals surface area contributed by atoms with E-state index >= 15 is 0 Å². The molecule has 0 fully saturated rings. The van der Waals surface area contributed by atoms with E-state index in [-0.39, 0.29) is 15.6 Å². The van der Waals surface area contributed by atoms with Crippen molar-refractivity contribution in [2.45, 2.75) is 17.9 Å². The highest BCUT2D eigenvalue weighted by molar-refractivity contribution is 7.89. The standard InChI is InChI=1S/C12H13Cl2NO6S/c1-6(11(16)17)15(2)22(19,20)10-8(12(18)21-3)4-7(13)5-9(10)14/h4-6H,1-3H3,(H,16,17). The van der Waals surface area contributed by atoms with E-state index < -0.39 is 32.9 Å². The molecule has 0 aliphatic rings. The van der Waals surface area contributed by atoms with Crippen molar-refractivity contribution in [2.24, 2.45) is 0 Å². The Kier molecular flexibility index (Phi) is 5.80. The van der Waals surface area contributed by atoms with Crippen LogP contribution < -0.4 is 0 Å². The van der Waals surface area contributed by atoms with Crippen LogP contribution in [0.3, 0.4) is 0 Å². The summed E-state index contributed by atoms with van der Waals surface area (Å²) < 4.78 is 30.3. The number of aliphatic carboxylic acids is 1. The van der Waals surface area contributed by atoms with Gasteiger partial charge in [0.05, 0.1) is 17.7 Å². The van der Waals surface area contributed by atoms with Gasteiger partial charge in [-0.1, -0.05) is 23.2 Å². The van der Waals surface area contributed by atoms with E-state index in [0.717, 1.165) is 26.3 Å². The molecular formula is C12H13Cl2NO6S. The van der Waals surface area contributed by atoms with Crippen molar-refractivity contribution in [2.75, 3.05) is 14.2 Å². The van der Waals surface area contributed by atoms with Gasteiger partial charge in [-0.3, -0.25) is 4.79 Å². The molecule has 0 aliphatic carbocycles. The van der Waals surface area contributed by atoms with Crippen LogP contribution in [0, 0.1) is 0 Å². The second-order valence-electron chi connectivity index (χ2n) is 4.29. The third-order valence-corrected chi connectivity index (χ3v) is 5.61. The fourth-order valence-electron chi connectivity index (χ4n) is 1.59. The van der Waals surface area contributed by atoms with Crippen LogP contribution in [0.25, 0.3) is 0 Å². The molecule has 122 valence electrons. The van der Waals surface area contributed by atoms with Crippen LogP contribution in [0.1, 0.15) is 17.3 Å². The molecule has 7 nitrogen and oxygen atoms in total. The number of carboxylic acid groups (broad SMARTS) is 1. The summed E-state index contributed by atoms with van der Waals surface area (Å²) in [5.74, 6) is -2.31. The summed E-state index contributed by atoms with van der Waals surface area (Å²) in [6.07, 6.45) is 0. The van der Waals surface area contributed by atoms with E-state index in [1.54, 1.807) is 0 Å². The first-order valence-corrected chi connectivity index (χ1v) is 8.01. The fraction of sp³-hybridized carbons (Fsp3) is 0.333. The molecule has 1 aromatic rings. The molecule has 22 heavy (non-hydrogen) atoms. The number of methoxy groups -OCH3 is 1. The number of ether oxygens (including phenoxy) is 1. The van der Waals surface area contributed by atoms with Gasteiger partial charge in [0.2, 0.25) is 10.0 Å². The van der Waals surface area contributed by atoms with Gasteiger partial charge in [0.1, 0.15) is 10.9 Å². The van der Waals surface area contributed by atoms with E-state index in [0.29, 0.717) is 4.31 Å². The first-order valence-electron chi connectivity index (χ1n) is 5.82. The average Bonchev–Trinajstić information content (AvgIpc) is 2.43. The number of sulfonamides is 1. The summed E-state index contributed by atoms with van der Waals surface area (Å²) in [5.41, 5.74) is -0.371. The molecule has 0 heterocycles. The van der Waals surface area contributed by atoms with Gasteiger partial charge in [-0.25, -0.2) is 13.2 Å². The lowest BCUT2D eigenvalue weighted by atomic mass is 10.2. The van der Waals surface area contributed by atoms with Gasteiger partial charge in [0.25, 0.3) is 0 Å². The minimum atomic E-state index is -4.36. The number of benzene rings is 1. The van der Waals surface area contributed by atoms with E-state index in [1.807, 2.05) is 0 Å². The number of carboxylic acids is 1. The molecular weight excluding hydrogens is 357 g/mol. The number of carbonyl (C=O) groups excluding carboxylic acids is 1. The van der Waals surface area contributed by atoms with Crippen LogP contribution in [-0.4, -0.2) is 50.0 Å².